The molecule has 0 aliphatic carbocycles. The number of aromatic nitrogens is 1. The van der Waals surface area contributed by atoms with E-state index in [4.69, 9.17) is 5.73 Å². The number of hydrogen-bond donors (Lipinski definition) is 2. The van der Waals surface area contributed by atoms with E-state index in [9.17, 15) is 26.7 Å². The summed E-state index contributed by atoms with van der Waals surface area (Å²) >= 11 is 0. The fraction of sp³-hybridized carbons (Fsp3) is 0.286. The third-order valence-electron chi connectivity index (χ3n) is 1.62. The zero-order valence-corrected chi connectivity index (χ0v) is 7.03. The predicted octanol–water partition coefficient (Wildman–Crippen LogP) is 1.91. The lowest BCUT2D eigenvalue weighted by molar-refractivity contribution is -0.141. The molecule has 1 aromatic heterocycles. The standard InChI is InChI=1S/C7H5F5N2O/c8-6(9)5-4(13)2(15)1-3(14-5)7(10,11)12/h1,6H,13H2,(H,14,15). The smallest absolute Gasteiger partial charge is 0.394 e. The number of H-pyrrole nitrogens is 1. The van der Waals surface area contributed by atoms with Crippen molar-refractivity contribution in [3.63, 3.8) is 0 Å². The molecule has 8 heteroatoms. The molecule has 3 N–H and O–H groups in total. The number of anilines is 1. The third-order valence-corrected chi connectivity index (χ3v) is 1.62. The van der Waals surface area contributed by atoms with Crippen LogP contribution in [0.15, 0.2) is 10.9 Å². The first kappa shape index (κ1) is 11.5. The van der Waals surface area contributed by atoms with Crippen LogP contribution in [0.2, 0.25) is 0 Å². The molecule has 0 bridgehead atoms. The summed E-state index contributed by atoms with van der Waals surface area (Å²) in [5, 5.41) is 0. The first-order valence-electron chi connectivity index (χ1n) is 3.61. The monoisotopic (exact) mass is 228 g/mol. The van der Waals surface area contributed by atoms with Crippen LogP contribution in [0.25, 0.3) is 0 Å². The predicted molar refractivity (Wildman–Crippen MR) is 41.4 cm³/mol. The van der Waals surface area contributed by atoms with Crippen molar-refractivity contribution in [1.82, 2.24) is 4.98 Å². The van der Waals surface area contributed by atoms with Gasteiger partial charge < -0.3 is 10.7 Å². The quantitative estimate of drug-likeness (QED) is 0.721. The fourth-order valence-electron chi connectivity index (χ4n) is 0.915. The molecule has 3 nitrogen and oxygen atoms in total. The van der Waals surface area contributed by atoms with Crippen LogP contribution in [-0.4, -0.2) is 4.98 Å². The van der Waals surface area contributed by atoms with Crippen LogP contribution in [0.5, 0.6) is 0 Å². The zero-order valence-electron chi connectivity index (χ0n) is 7.03. The van der Waals surface area contributed by atoms with Crippen molar-refractivity contribution in [1.29, 1.82) is 0 Å². The SMILES string of the molecule is Nc1c(C(F)F)[nH]c(C(F)(F)F)cc1=O. The van der Waals surface area contributed by atoms with Crippen LogP contribution in [0, 0.1) is 0 Å². The molecule has 1 aromatic rings. The average Bonchev–Trinajstić information content (AvgIpc) is 2.06. The maximum absolute atomic E-state index is 12.2. The van der Waals surface area contributed by atoms with E-state index in [1.54, 1.807) is 0 Å². The summed E-state index contributed by atoms with van der Waals surface area (Å²) in [5.41, 5.74) is -0.0387. The number of aromatic amines is 1. The average molecular weight is 228 g/mol. The lowest BCUT2D eigenvalue weighted by atomic mass is 10.2. The number of nitrogens with one attached hydrogen (secondary N) is 1. The van der Waals surface area contributed by atoms with Gasteiger partial charge in [0.1, 0.15) is 17.1 Å². The molecule has 15 heavy (non-hydrogen) atoms. The fourth-order valence-corrected chi connectivity index (χ4v) is 0.915. The lowest BCUT2D eigenvalue weighted by Crippen LogP contribution is -2.19. The molecule has 0 spiro atoms. The van der Waals surface area contributed by atoms with E-state index in [-0.39, 0.29) is 6.07 Å². The van der Waals surface area contributed by atoms with Crippen molar-refractivity contribution >= 4 is 5.69 Å². The van der Waals surface area contributed by atoms with Crippen molar-refractivity contribution in [2.24, 2.45) is 0 Å². The van der Waals surface area contributed by atoms with Crippen molar-refractivity contribution in [3.05, 3.63) is 27.7 Å². The van der Waals surface area contributed by atoms with Gasteiger partial charge in [-0.2, -0.15) is 13.2 Å². The molecule has 0 aromatic carbocycles. The van der Waals surface area contributed by atoms with Crippen molar-refractivity contribution < 1.29 is 22.0 Å². The Bertz CT molecular complexity index is 422. The number of rotatable bonds is 1. The highest BCUT2D eigenvalue weighted by atomic mass is 19.4. The first-order valence-corrected chi connectivity index (χ1v) is 3.61. The topological polar surface area (TPSA) is 58.9 Å². The third kappa shape index (κ3) is 2.25. The molecule has 0 saturated heterocycles. The molecule has 0 saturated carbocycles. The molecule has 0 unspecified atom stereocenters. The zero-order chi connectivity index (χ0) is 11.8. The molecule has 1 heterocycles. The van der Waals surface area contributed by atoms with Crippen molar-refractivity contribution in [2.75, 3.05) is 5.73 Å². The second-order valence-electron chi connectivity index (χ2n) is 2.67. The molecule has 1 rings (SSSR count). The normalized spacial score (nSPS) is 12.1. The van der Waals surface area contributed by atoms with Crippen LogP contribution >= 0.6 is 0 Å². The first-order chi connectivity index (χ1) is 6.73. The van der Waals surface area contributed by atoms with Gasteiger partial charge in [-0.1, -0.05) is 0 Å². The van der Waals surface area contributed by atoms with E-state index in [0.29, 0.717) is 0 Å². The Balaban J connectivity index is 3.43. The van der Waals surface area contributed by atoms with Gasteiger partial charge in [-0.3, -0.25) is 4.79 Å². The number of nitrogens with two attached hydrogens (primary N) is 1. The molecule has 0 radical (unpaired) electrons. The van der Waals surface area contributed by atoms with Gasteiger partial charge in [0.05, 0.1) is 0 Å². The summed E-state index contributed by atoms with van der Waals surface area (Å²) in [5.74, 6) is 0. The Morgan fingerprint density at radius 2 is 1.87 bits per heavy atom. The van der Waals surface area contributed by atoms with Crippen LogP contribution in [0.1, 0.15) is 17.8 Å². The Morgan fingerprint density at radius 3 is 2.27 bits per heavy atom. The largest absolute Gasteiger partial charge is 0.431 e. The Kier molecular flexibility index (Phi) is 2.69. The van der Waals surface area contributed by atoms with Gasteiger partial charge in [-0.05, 0) is 0 Å². The summed E-state index contributed by atoms with van der Waals surface area (Å²) in [6.45, 7) is 0. The summed E-state index contributed by atoms with van der Waals surface area (Å²) in [6, 6.07) is 0.140. The second-order valence-corrected chi connectivity index (χ2v) is 2.67. The number of pyridine rings is 1. The Morgan fingerprint density at radius 1 is 1.33 bits per heavy atom. The number of halogens is 5. The number of nitrogen functional groups attached to an aromatic ring is 1. The van der Waals surface area contributed by atoms with Gasteiger partial charge in [0.2, 0.25) is 5.43 Å². The Labute approximate surface area is 79.7 Å². The van der Waals surface area contributed by atoms with E-state index in [1.807, 2.05) is 0 Å². The molecule has 0 aliphatic rings. The van der Waals surface area contributed by atoms with Crippen molar-refractivity contribution in [3.8, 4) is 0 Å². The van der Waals surface area contributed by atoms with E-state index in [1.165, 1.54) is 4.98 Å². The minimum atomic E-state index is -4.89. The van der Waals surface area contributed by atoms with Crippen LogP contribution in [0.4, 0.5) is 27.6 Å². The van der Waals surface area contributed by atoms with Gasteiger partial charge in [0, 0.05) is 6.07 Å². The Hall–Kier alpha value is -1.60. The summed E-state index contributed by atoms with van der Waals surface area (Å²) in [6.07, 6.45) is -8.16. The van der Waals surface area contributed by atoms with E-state index in [0.717, 1.165) is 0 Å². The van der Waals surface area contributed by atoms with Gasteiger partial charge in [-0.25, -0.2) is 8.78 Å². The van der Waals surface area contributed by atoms with Gasteiger partial charge in [0.15, 0.2) is 0 Å². The maximum Gasteiger partial charge on any atom is 0.431 e. The van der Waals surface area contributed by atoms with E-state index in [2.05, 4.69) is 0 Å². The summed E-state index contributed by atoms with van der Waals surface area (Å²) in [4.78, 5) is 12.2. The second kappa shape index (κ2) is 3.52. The maximum atomic E-state index is 12.2. The van der Waals surface area contributed by atoms with Crippen LogP contribution < -0.4 is 11.2 Å². The minimum Gasteiger partial charge on any atom is -0.394 e. The molecule has 84 valence electrons. The molecule has 0 atom stereocenters. The molecule has 0 fully saturated rings. The van der Waals surface area contributed by atoms with E-state index < -0.39 is 35.1 Å². The summed E-state index contributed by atoms with van der Waals surface area (Å²) < 4.78 is 60.6. The number of alkyl halides is 5. The number of hydrogen-bond acceptors (Lipinski definition) is 2. The van der Waals surface area contributed by atoms with Gasteiger partial charge in [-0.15, -0.1) is 0 Å². The summed E-state index contributed by atoms with van der Waals surface area (Å²) in [7, 11) is 0. The highest BCUT2D eigenvalue weighted by molar-refractivity contribution is 5.44. The van der Waals surface area contributed by atoms with E-state index >= 15 is 0 Å². The molecular weight excluding hydrogens is 223 g/mol. The van der Waals surface area contributed by atoms with Gasteiger partial charge >= 0.3 is 6.18 Å². The van der Waals surface area contributed by atoms with Crippen LogP contribution in [0.3, 0.4) is 0 Å². The molecule has 0 aliphatic heterocycles. The molecule has 0 amide bonds. The van der Waals surface area contributed by atoms with Crippen molar-refractivity contribution in [2.45, 2.75) is 12.6 Å². The minimum absolute atomic E-state index is 0.140. The van der Waals surface area contributed by atoms with Crippen LogP contribution in [-0.2, 0) is 6.18 Å². The van der Waals surface area contributed by atoms with Gasteiger partial charge in [0.25, 0.3) is 6.43 Å². The molecular formula is C7H5F5N2O. The highest BCUT2D eigenvalue weighted by Crippen LogP contribution is 2.29. The highest BCUT2D eigenvalue weighted by Gasteiger charge is 2.33. The lowest BCUT2D eigenvalue weighted by Gasteiger charge is -2.10.